The molecule has 2 heterocycles. The normalized spacial score (nSPS) is 13.5. The predicted molar refractivity (Wildman–Crippen MR) is 106 cm³/mol. The molecule has 3 aromatic rings. The van der Waals surface area contributed by atoms with Gasteiger partial charge in [0.25, 0.3) is 5.91 Å². The number of fused-ring (bicyclic) bond motifs is 1. The third kappa shape index (κ3) is 3.24. The maximum Gasteiger partial charge on any atom is 0.334 e. The third-order valence-corrected chi connectivity index (χ3v) is 4.92. The molecule has 1 aromatic carbocycles. The number of carboxylic acids is 1. The highest BCUT2D eigenvalue weighted by atomic mass is 16.4. The minimum absolute atomic E-state index is 0.0841. The molecule has 146 valence electrons. The number of aromatic nitrogens is 3. The standard InChI is InChI=1S/C21H24N4O3/c1-5-21(20(27)28,15-9-7-6-8-10-15)24-19(26)16-11-14(4)23-18-17(16)12-22-25(18)13(2)3/h6-13H,5H2,1-4H3,(H,24,26)(H,27,28). The van der Waals surface area contributed by atoms with E-state index in [1.807, 2.05) is 19.9 Å². The lowest BCUT2D eigenvalue weighted by atomic mass is 9.86. The molecule has 0 radical (unpaired) electrons. The molecule has 1 atom stereocenters. The molecule has 0 bridgehead atoms. The number of rotatable bonds is 6. The number of nitrogens with zero attached hydrogens (tertiary/aromatic N) is 3. The van der Waals surface area contributed by atoms with Gasteiger partial charge in [-0.25, -0.2) is 14.5 Å². The van der Waals surface area contributed by atoms with Gasteiger partial charge >= 0.3 is 5.97 Å². The summed E-state index contributed by atoms with van der Waals surface area (Å²) in [4.78, 5) is 29.9. The van der Waals surface area contributed by atoms with Crippen molar-refractivity contribution in [3.8, 4) is 0 Å². The number of aliphatic carboxylic acids is 1. The van der Waals surface area contributed by atoms with E-state index in [-0.39, 0.29) is 12.5 Å². The van der Waals surface area contributed by atoms with E-state index in [0.717, 1.165) is 0 Å². The number of aryl methyl sites for hydroxylation is 1. The fourth-order valence-corrected chi connectivity index (χ4v) is 3.39. The second-order valence-electron chi connectivity index (χ2n) is 7.12. The predicted octanol–water partition coefficient (Wildman–Crippen LogP) is 3.44. The Bertz CT molecular complexity index is 1030. The summed E-state index contributed by atoms with van der Waals surface area (Å²) in [5, 5.41) is 17.7. The Balaban J connectivity index is 2.10. The van der Waals surface area contributed by atoms with Gasteiger partial charge < -0.3 is 10.4 Å². The van der Waals surface area contributed by atoms with Crippen LogP contribution in [0.1, 0.15) is 54.8 Å². The second kappa shape index (κ2) is 7.42. The second-order valence-corrected chi connectivity index (χ2v) is 7.12. The number of nitrogens with one attached hydrogen (secondary N) is 1. The van der Waals surface area contributed by atoms with Gasteiger partial charge in [0, 0.05) is 11.7 Å². The summed E-state index contributed by atoms with van der Waals surface area (Å²) in [5.74, 6) is -1.57. The van der Waals surface area contributed by atoms with Gasteiger partial charge in [0.05, 0.1) is 17.1 Å². The number of carbonyl (C=O) groups excluding carboxylic acids is 1. The fraction of sp³-hybridized carbons (Fsp3) is 0.333. The number of carbonyl (C=O) groups is 2. The monoisotopic (exact) mass is 380 g/mol. The van der Waals surface area contributed by atoms with Crippen LogP contribution in [0.2, 0.25) is 0 Å². The van der Waals surface area contributed by atoms with Crippen molar-refractivity contribution < 1.29 is 14.7 Å². The summed E-state index contributed by atoms with van der Waals surface area (Å²) in [6.07, 6.45) is 1.81. The van der Waals surface area contributed by atoms with E-state index in [1.54, 1.807) is 55.1 Å². The van der Waals surface area contributed by atoms with Gasteiger partial charge in [-0.3, -0.25) is 4.79 Å². The van der Waals surface area contributed by atoms with Crippen LogP contribution in [0.3, 0.4) is 0 Å². The minimum atomic E-state index is -1.52. The van der Waals surface area contributed by atoms with Crippen molar-refractivity contribution in [2.45, 2.75) is 45.7 Å². The molecule has 0 aliphatic heterocycles. The Kier molecular flexibility index (Phi) is 5.18. The first-order chi connectivity index (χ1) is 13.3. The molecule has 0 saturated carbocycles. The molecule has 7 heteroatoms. The number of amides is 1. The third-order valence-electron chi connectivity index (χ3n) is 4.92. The van der Waals surface area contributed by atoms with Crippen LogP contribution in [0.5, 0.6) is 0 Å². The molecular weight excluding hydrogens is 356 g/mol. The lowest BCUT2D eigenvalue weighted by Gasteiger charge is -2.30. The average Bonchev–Trinajstić information content (AvgIpc) is 3.09. The molecule has 1 amide bonds. The van der Waals surface area contributed by atoms with Crippen molar-refractivity contribution >= 4 is 22.9 Å². The Morgan fingerprint density at radius 2 is 1.93 bits per heavy atom. The number of carboxylic acid groups (broad SMARTS) is 1. The highest BCUT2D eigenvalue weighted by Gasteiger charge is 2.40. The first-order valence-electron chi connectivity index (χ1n) is 9.26. The van der Waals surface area contributed by atoms with E-state index in [1.165, 1.54) is 0 Å². The molecule has 0 aliphatic rings. The van der Waals surface area contributed by atoms with Gasteiger partial charge in [0.1, 0.15) is 0 Å². The molecule has 2 aromatic heterocycles. The van der Waals surface area contributed by atoms with Crippen LogP contribution in [0.25, 0.3) is 11.0 Å². The van der Waals surface area contributed by atoms with Crippen LogP contribution in [0, 0.1) is 6.92 Å². The maximum absolute atomic E-state index is 13.2. The van der Waals surface area contributed by atoms with Crippen molar-refractivity contribution in [3.05, 3.63) is 59.4 Å². The minimum Gasteiger partial charge on any atom is -0.479 e. The van der Waals surface area contributed by atoms with Crippen molar-refractivity contribution in [1.82, 2.24) is 20.1 Å². The number of hydrogen-bond acceptors (Lipinski definition) is 4. The summed E-state index contributed by atoms with van der Waals surface area (Å²) in [7, 11) is 0. The van der Waals surface area contributed by atoms with Crippen LogP contribution in [0.15, 0.2) is 42.6 Å². The van der Waals surface area contributed by atoms with Gasteiger partial charge in [-0.05, 0) is 38.8 Å². The fourth-order valence-electron chi connectivity index (χ4n) is 3.39. The first-order valence-corrected chi connectivity index (χ1v) is 9.26. The Morgan fingerprint density at radius 1 is 1.25 bits per heavy atom. The number of hydrogen-bond donors (Lipinski definition) is 2. The zero-order chi connectivity index (χ0) is 20.5. The zero-order valence-electron chi connectivity index (χ0n) is 16.4. The van der Waals surface area contributed by atoms with E-state index < -0.39 is 17.4 Å². The van der Waals surface area contributed by atoms with E-state index in [9.17, 15) is 14.7 Å². The molecular formula is C21H24N4O3. The van der Waals surface area contributed by atoms with Crippen LogP contribution in [0.4, 0.5) is 0 Å². The SMILES string of the molecule is CCC(NC(=O)c1cc(C)nc2c1cnn2C(C)C)(C(=O)O)c1ccccc1. The molecule has 0 saturated heterocycles. The zero-order valence-corrected chi connectivity index (χ0v) is 16.4. The molecule has 28 heavy (non-hydrogen) atoms. The van der Waals surface area contributed by atoms with Gasteiger partial charge in [-0.1, -0.05) is 37.3 Å². The van der Waals surface area contributed by atoms with Crippen LogP contribution >= 0.6 is 0 Å². The summed E-state index contributed by atoms with van der Waals surface area (Å²) < 4.78 is 1.75. The van der Waals surface area contributed by atoms with E-state index >= 15 is 0 Å². The average molecular weight is 380 g/mol. The Hall–Kier alpha value is -3.22. The largest absolute Gasteiger partial charge is 0.479 e. The van der Waals surface area contributed by atoms with E-state index in [2.05, 4.69) is 15.4 Å². The van der Waals surface area contributed by atoms with Gasteiger partial charge in [0.2, 0.25) is 0 Å². The molecule has 7 nitrogen and oxygen atoms in total. The number of benzene rings is 1. The van der Waals surface area contributed by atoms with Crippen molar-refractivity contribution in [2.24, 2.45) is 0 Å². The maximum atomic E-state index is 13.2. The first kappa shape index (κ1) is 19.5. The van der Waals surface area contributed by atoms with Crippen molar-refractivity contribution in [3.63, 3.8) is 0 Å². The van der Waals surface area contributed by atoms with Crippen LogP contribution < -0.4 is 5.32 Å². The quantitative estimate of drug-likeness (QED) is 0.683. The highest BCUT2D eigenvalue weighted by molar-refractivity contribution is 6.07. The molecule has 0 fully saturated rings. The van der Waals surface area contributed by atoms with Crippen molar-refractivity contribution in [1.29, 1.82) is 0 Å². The van der Waals surface area contributed by atoms with E-state index in [0.29, 0.717) is 27.9 Å². The molecule has 1 unspecified atom stereocenters. The lowest BCUT2D eigenvalue weighted by molar-refractivity contribution is -0.145. The van der Waals surface area contributed by atoms with Gasteiger partial charge in [0.15, 0.2) is 11.2 Å². The lowest BCUT2D eigenvalue weighted by Crippen LogP contribution is -2.51. The Labute approximate surface area is 163 Å². The molecule has 0 spiro atoms. The molecule has 0 aliphatic carbocycles. The summed E-state index contributed by atoms with van der Waals surface area (Å²) in [6, 6.07) is 10.5. The topological polar surface area (TPSA) is 97.1 Å². The van der Waals surface area contributed by atoms with E-state index in [4.69, 9.17) is 0 Å². The van der Waals surface area contributed by atoms with Crippen LogP contribution in [-0.4, -0.2) is 31.7 Å². The highest BCUT2D eigenvalue weighted by Crippen LogP contribution is 2.28. The molecule has 2 N–H and O–H groups in total. The molecule has 3 rings (SSSR count). The van der Waals surface area contributed by atoms with Gasteiger partial charge in [-0.15, -0.1) is 0 Å². The Morgan fingerprint density at radius 3 is 2.50 bits per heavy atom. The number of pyridine rings is 1. The van der Waals surface area contributed by atoms with Crippen LogP contribution in [-0.2, 0) is 10.3 Å². The summed E-state index contributed by atoms with van der Waals surface area (Å²) in [5.41, 5.74) is 0.646. The van der Waals surface area contributed by atoms with Gasteiger partial charge in [-0.2, -0.15) is 5.10 Å². The summed E-state index contributed by atoms with van der Waals surface area (Å²) >= 11 is 0. The van der Waals surface area contributed by atoms with Crippen molar-refractivity contribution in [2.75, 3.05) is 0 Å². The summed E-state index contributed by atoms with van der Waals surface area (Å²) in [6.45, 7) is 7.51. The smallest absolute Gasteiger partial charge is 0.334 e.